The zero-order valence-electron chi connectivity index (χ0n) is 15.5. The lowest BCUT2D eigenvalue weighted by Gasteiger charge is -2.29. The number of nitrogens with zero attached hydrogens (tertiary/aromatic N) is 1. The van der Waals surface area contributed by atoms with E-state index in [9.17, 15) is 9.59 Å². The largest absolute Gasteiger partial charge is 0.348 e. The van der Waals surface area contributed by atoms with Gasteiger partial charge in [-0.25, -0.2) is 0 Å². The van der Waals surface area contributed by atoms with Crippen molar-refractivity contribution in [3.63, 3.8) is 0 Å². The minimum atomic E-state index is -0.350. The number of thioether (sulfide) groups is 1. The summed E-state index contributed by atoms with van der Waals surface area (Å²) >= 11 is 1.74. The molecule has 0 aliphatic carbocycles. The number of hydrogen-bond donors (Lipinski definition) is 1. The third-order valence-corrected chi connectivity index (χ3v) is 5.98. The van der Waals surface area contributed by atoms with Gasteiger partial charge in [0, 0.05) is 12.2 Å². The fourth-order valence-electron chi connectivity index (χ4n) is 3.16. The van der Waals surface area contributed by atoms with Gasteiger partial charge in [0.25, 0.3) is 0 Å². The van der Waals surface area contributed by atoms with Gasteiger partial charge in [0.05, 0.1) is 11.4 Å². The molecule has 1 aromatic carbocycles. The van der Waals surface area contributed by atoms with E-state index in [4.69, 9.17) is 0 Å². The molecular weight excluding hydrogens is 332 g/mol. The molecule has 1 aliphatic rings. The van der Waals surface area contributed by atoms with Gasteiger partial charge < -0.3 is 10.2 Å². The summed E-state index contributed by atoms with van der Waals surface area (Å²) in [7, 11) is 0. The van der Waals surface area contributed by atoms with E-state index in [1.165, 1.54) is 0 Å². The van der Waals surface area contributed by atoms with E-state index in [1.54, 1.807) is 11.8 Å². The summed E-state index contributed by atoms with van der Waals surface area (Å²) in [6.07, 6.45) is 4.38. The molecule has 0 radical (unpaired) electrons. The summed E-state index contributed by atoms with van der Waals surface area (Å²) < 4.78 is 0. The summed E-state index contributed by atoms with van der Waals surface area (Å²) in [6.45, 7) is 6.20. The predicted molar refractivity (Wildman–Crippen MR) is 104 cm³/mol. The van der Waals surface area contributed by atoms with Crippen molar-refractivity contribution in [2.24, 2.45) is 0 Å². The van der Waals surface area contributed by atoms with Crippen LogP contribution in [0.4, 0.5) is 0 Å². The number of carbonyl (C=O) groups is 2. The van der Waals surface area contributed by atoms with Crippen molar-refractivity contribution in [1.29, 1.82) is 0 Å². The second-order valence-corrected chi connectivity index (χ2v) is 7.85. The molecule has 2 rings (SSSR count). The van der Waals surface area contributed by atoms with Gasteiger partial charge in [-0.1, -0.05) is 57.0 Å². The van der Waals surface area contributed by atoms with Crippen LogP contribution in [0, 0.1) is 0 Å². The number of nitrogens with one attached hydrogen (secondary N) is 1. The van der Waals surface area contributed by atoms with Gasteiger partial charge in [0.1, 0.15) is 6.04 Å². The number of carbonyl (C=O) groups excluding carboxylic acids is 2. The van der Waals surface area contributed by atoms with Crippen molar-refractivity contribution < 1.29 is 9.59 Å². The van der Waals surface area contributed by atoms with Gasteiger partial charge in [-0.2, -0.15) is 0 Å². The summed E-state index contributed by atoms with van der Waals surface area (Å²) in [4.78, 5) is 27.4. The Labute approximate surface area is 155 Å². The van der Waals surface area contributed by atoms with Crippen molar-refractivity contribution in [3.8, 4) is 0 Å². The highest BCUT2D eigenvalue weighted by molar-refractivity contribution is 8.00. The fraction of sp³-hybridized carbons (Fsp3) is 0.600. The smallest absolute Gasteiger partial charge is 0.244 e. The Morgan fingerprint density at radius 1 is 1.24 bits per heavy atom. The average molecular weight is 363 g/mol. The highest BCUT2D eigenvalue weighted by Gasteiger charge is 2.40. The van der Waals surface area contributed by atoms with Crippen molar-refractivity contribution in [3.05, 3.63) is 35.9 Å². The van der Waals surface area contributed by atoms with Gasteiger partial charge in [0.2, 0.25) is 11.8 Å². The van der Waals surface area contributed by atoms with Crippen LogP contribution in [-0.4, -0.2) is 33.9 Å². The van der Waals surface area contributed by atoms with Crippen LogP contribution in [0.3, 0.4) is 0 Å². The van der Waals surface area contributed by atoms with Crippen LogP contribution in [0.25, 0.3) is 0 Å². The SMILES string of the molecule is CCCCC(=O)N1[C@@H](C(=O)N[C@@H](C)c2ccccc2)CS[C@@H]1CCC. The lowest BCUT2D eigenvalue weighted by molar-refractivity contribution is -0.140. The molecule has 0 bridgehead atoms. The number of amides is 2. The first-order valence-corrected chi connectivity index (χ1v) is 10.4. The lowest BCUT2D eigenvalue weighted by Crippen LogP contribution is -2.50. The Kier molecular flexibility index (Phi) is 7.82. The first kappa shape index (κ1) is 19.8. The molecule has 0 unspecified atom stereocenters. The topological polar surface area (TPSA) is 49.4 Å². The van der Waals surface area contributed by atoms with E-state index in [0.29, 0.717) is 12.2 Å². The van der Waals surface area contributed by atoms with Crippen molar-refractivity contribution in [1.82, 2.24) is 10.2 Å². The molecule has 0 spiro atoms. The quantitative estimate of drug-likeness (QED) is 0.757. The van der Waals surface area contributed by atoms with Crippen LogP contribution in [0.2, 0.25) is 0 Å². The van der Waals surface area contributed by atoms with Crippen molar-refractivity contribution >= 4 is 23.6 Å². The maximum atomic E-state index is 12.8. The predicted octanol–water partition coefficient (Wildman–Crippen LogP) is 4.12. The Morgan fingerprint density at radius 3 is 2.60 bits per heavy atom. The van der Waals surface area contributed by atoms with Crippen LogP contribution >= 0.6 is 11.8 Å². The van der Waals surface area contributed by atoms with E-state index in [2.05, 4.69) is 19.2 Å². The third-order valence-electron chi connectivity index (χ3n) is 4.62. The van der Waals surface area contributed by atoms with Crippen LogP contribution in [0.1, 0.15) is 64.5 Å². The van der Waals surface area contributed by atoms with Gasteiger partial charge >= 0.3 is 0 Å². The van der Waals surface area contributed by atoms with Crippen LogP contribution < -0.4 is 5.32 Å². The summed E-state index contributed by atoms with van der Waals surface area (Å²) in [6, 6.07) is 9.53. The molecule has 1 aromatic rings. The summed E-state index contributed by atoms with van der Waals surface area (Å²) in [5.41, 5.74) is 1.08. The molecule has 0 saturated carbocycles. The summed E-state index contributed by atoms with van der Waals surface area (Å²) in [5, 5.41) is 3.23. The molecule has 0 aromatic heterocycles. The minimum absolute atomic E-state index is 0.0349. The van der Waals surface area contributed by atoms with Crippen LogP contribution in [-0.2, 0) is 9.59 Å². The summed E-state index contributed by atoms with van der Waals surface area (Å²) in [5.74, 6) is 0.778. The second-order valence-electron chi connectivity index (χ2n) is 6.64. The van der Waals surface area contributed by atoms with E-state index >= 15 is 0 Å². The lowest BCUT2D eigenvalue weighted by atomic mass is 10.1. The Morgan fingerprint density at radius 2 is 1.96 bits per heavy atom. The fourth-order valence-corrected chi connectivity index (χ4v) is 4.70. The molecule has 1 heterocycles. The third kappa shape index (κ3) is 5.24. The Balaban J connectivity index is 2.06. The maximum absolute atomic E-state index is 12.8. The highest BCUT2D eigenvalue weighted by Crippen LogP contribution is 2.33. The van der Waals surface area contributed by atoms with Crippen molar-refractivity contribution in [2.45, 2.75) is 70.3 Å². The molecule has 4 nitrogen and oxygen atoms in total. The van der Waals surface area contributed by atoms with E-state index in [-0.39, 0.29) is 29.3 Å². The Bertz CT molecular complexity index is 564. The normalized spacial score (nSPS) is 21.2. The maximum Gasteiger partial charge on any atom is 0.244 e. The zero-order chi connectivity index (χ0) is 18.2. The molecular formula is C20H30N2O2S. The molecule has 3 atom stereocenters. The molecule has 25 heavy (non-hydrogen) atoms. The van der Waals surface area contributed by atoms with Crippen LogP contribution in [0.5, 0.6) is 0 Å². The highest BCUT2D eigenvalue weighted by atomic mass is 32.2. The monoisotopic (exact) mass is 362 g/mol. The van der Waals surface area contributed by atoms with Gasteiger partial charge in [0.15, 0.2) is 0 Å². The van der Waals surface area contributed by atoms with Gasteiger partial charge in [-0.3, -0.25) is 9.59 Å². The molecule has 138 valence electrons. The van der Waals surface area contributed by atoms with E-state index in [1.807, 2.05) is 42.2 Å². The van der Waals surface area contributed by atoms with Gasteiger partial charge in [-0.05, 0) is 25.3 Å². The zero-order valence-corrected chi connectivity index (χ0v) is 16.3. The van der Waals surface area contributed by atoms with E-state index < -0.39 is 0 Å². The second kappa shape index (κ2) is 9.85. The standard InChI is InChI=1S/C20H30N2O2S/c1-4-6-13-18(23)22-17(14-25-19(22)10-5-2)20(24)21-15(3)16-11-8-7-9-12-16/h7-9,11-12,15,17,19H,4-6,10,13-14H2,1-3H3,(H,21,24)/t15-,17+,19+/m0/s1. The number of unbranched alkanes of at least 4 members (excludes halogenated alkanes) is 1. The molecule has 5 heteroatoms. The van der Waals surface area contributed by atoms with Gasteiger partial charge in [-0.15, -0.1) is 11.8 Å². The number of hydrogen-bond acceptors (Lipinski definition) is 3. The van der Waals surface area contributed by atoms with E-state index in [0.717, 1.165) is 31.2 Å². The van der Waals surface area contributed by atoms with Crippen LogP contribution in [0.15, 0.2) is 30.3 Å². The Hall–Kier alpha value is -1.49. The molecule has 1 aliphatic heterocycles. The minimum Gasteiger partial charge on any atom is -0.348 e. The first-order chi connectivity index (χ1) is 12.1. The molecule has 2 amide bonds. The molecule has 1 saturated heterocycles. The molecule has 1 fully saturated rings. The van der Waals surface area contributed by atoms with Crippen molar-refractivity contribution in [2.75, 3.05) is 5.75 Å². The first-order valence-electron chi connectivity index (χ1n) is 9.36. The number of rotatable bonds is 8. The molecule has 1 N–H and O–H groups in total. The average Bonchev–Trinajstić information content (AvgIpc) is 3.04. The number of benzene rings is 1.